The fourth-order valence-corrected chi connectivity index (χ4v) is 3.22. The van der Waals surface area contributed by atoms with Crippen LogP contribution in [0.2, 0.25) is 0 Å². The number of thiocarbonyl (C=S) groups is 1. The van der Waals surface area contributed by atoms with E-state index in [4.69, 9.17) is 17.0 Å². The predicted octanol–water partition coefficient (Wildman–Crippen LogP) is 3.60. The van der Waals surface area contributed by atoms with E-state index in [1.54, 1.807) is 12.1 Å². The molecular formula is C20H20F3N3O2S. The number of nitrogens with one attached hydrogen (secondary N) is 2. The molecular weight excluding hydrogens is 403 g/mol. The second-order valence-corrected chi connectivity index (χ2v) is 6.90. The number of amides is 1. The molecule has 0 radical (unpaired) electrons. The van der Waals surface area contributed by atoms with Gasteiger partial charge >= 0.3 is 6.18 Å². The smallest absolute Gasteiger partial charge is 0.378 e. The molecule has 2 aromatic carbocycles. The van der Waals surface area contributed by atoms with Gasteiger partial charge in [-0.15, -0.1) is 0 Å². The standard InChI is InChI=1S/C20H20F3N3O2S/c21-20(22,23)15-6-7-17(26-8-10-28-11-9-26)16(13-15)24-19(29)25-18(27)12-14-4-2-1-3-5-14/h1-7,13H,8-12H2,(H2,24,25,27,29). The molecule has 29 heavy (non-hydrogen) atoms. The Morgan fingerprint density at radius 1 is 1.10 bits per heavy atom. The van der Waals surface area contributed by atoms with E-state index in [0.717, 1.165) is 17.7 Å². The fourth-order valence-electron chi connectivity index (χ4n) is 3.00. The SMILES string of the molecule is O=C(Cc1ccccc1)NC(=S)Nc1cc(C(F)(F)F)ccc1N1CCOCC1. The predicted molar refractivity (Wildman–Crippen MR) is 109 cm³/mol. The Hall–Kier alpha value is -2.65. The lowest BCUT2D eigenvalue weighted by Crippen LogP contribution is -2.38. The molecule has 3 rings (SSSR count). The Morgan fingerprint density at radius 3 is 2.45 bits per heavy atom. The molecule has 0 bridgehead atoms. The number of ether oxygens (including phenoxy) is 1. The Balaban J connectivity index is 1.74. The first-order valence-electron chi connectivity index (χ1n) is 9.01. The van der Waals surface area contributed by atoms with Crippen molar-refractivity contribution in [2.45, 2.75) is 12.6 Å². The number of alkyl halides is 3. The topological polar surface area (TPSA) is 53.6 Å². The zero-order valence-corrected chi connectivity index (χ0v) is 16.3. The van der Waals surface area contributed by atoms with Gasteiger partial charge in [0.2, 0.25) is 5.91 Å². The maximum atomic E-state index is 13.2. The molecule has 2 N–H and O–H groups in total. The van der Waals surface area contributed by atoms with Crippen molar-refractivity contribution in [2.24, 2.45) is 0 Å². The maximum absolute atomic E-state index is 13.2. The minimum Gasteiger partial charge on any atom is -0.378 e. The van der Waals surface area contributed by atoms with E-state index in [1.165, 1.54) is 6.07 Å². The monoisotopic (exact) mass is 423 g/mol. The number of morpholine rings is 1. The first-order chi connectivity index (χ1) is 13.8. The lowest BCUT2D eigenvalue weighted by atomic mass is 10.1. The molecule has 0 unspecified atom stereocenters. The van der Waals surface area contributed by atoms with Gasteiger partial charge in [-0.3, -0.25) is 4.79 Å². The average Bonchev–Trinajstić information content (AvgIpc) is 2.68. The van der Waals surface area contributed by atoms with Crippen LogP contribution in [0.3, 0.4) is 0 Å². The quantitative estimate of drug-likeness (QED) is 0.736. The molecule has 2 aromatic rings. The van der Waals surface area contributed by atoms with Crippen LogP contribution >= 0.6 is 12.2 Å². The maximum Gasteiger partial charge on any atom is 0.416 e. The van der Waals surface area contributed by atoms with Gasteiger partial charge in [-0.25, -0.2) is 0 Å². The van der Waals surface area contributed by atoms with Crippen molar-refractivity contribution in [3.8, 4) is 0 Å². The van der Waals surface area contributed by atoms with Crippen LogP contribution in [-0.2, 0) is 22.1 Å². The number of anilines is 2. The number of nitrogens with zero attached hydrogens (tertiary/aromatic N) is 1. The number of rotatable bonds is 4. The first-order valence-corrected chi connectivity index (χ1v) is 9.42. The normalized spacial score (nSPS) is 14.4. The van der Waals surface area contributed by atoms with E-state index in [9.17, 15) is 18.0 Å². The highest BCUT2D eigenvalue weighted by Gasteiger charge is 2.31. The number of carbonyl (C=O) groups is 1. The van der Waals surface area contributed by atoms with E-state index in [2.05, 4.69) is 10.6 Å². The van der Waals surface area contributed by atoms with Crippen LogP contribution in [0.5, 0.6) is 0 Å². The van der Waals surface area contributed by atoms with Crippen molar-refractivity contribution in [3.05, 3.63) is 59.7 Å². The molecule has 1 aliphatic rings. The molecule has 1 aliphatic heterocycles. The summed E-state index contributed by atoms with van der Waals surface area (Å²) in [6.07, 6.45) is -4.38. The highest BCUT2D eigenvalue weighted by Crippen LogP contribution is 2.35. The van der Waals surface area contributed by atoms with Gasteiger partial charge in [0.15, 0.2) is 5.11 Å². The Morgan fingerprint density at radius 2 is 1.79 bits per heavy atom. The molecule has 0 aliphatic carbocycles. The van der Waals surface area contributed by atoms with Crippen LogP contribution < -0.4 is 15.5 Å². The molecule has 154 valence electrons. The molecule has 1 amide bonds. The number of halogens is 3. The third-order valence-corrected chi connectivity index (χ3v) is 4.59. The van der Waals surface area contributed by atoms with Crippen molar-refractivity contribution in [2.75, 3.05) is 36.5 Å². The second-order valence-electron chi connectivity index (χ2n) is 6.49. The minimum absolute atomic E-state index is 0.0558. The van der Waals surface area contributed by atoms with E-state index in [-0.39, 0.29) is 23.1 Å². The van der Waals surface area contributed by atoms with Crippen molar-refractivity contribution in [1.82, 2.24) is 5.32 Å². The zero-order valence-electron chi connectivity index (χ0n) is 15.5. The molecule has 1 fully saturated rings. The van der Waals surface area contributed by atoms with Crippen LogP contribution in [0, 0.1) is 0 Å². The van der Waals surface area contributed by atoms with Gasteiger partial charge in [0.25, 0.3) is 0 Å². The van der Waals surface area contributed by atoms with Gasteiger partial charge in [0.1, 0.15) is 0 Å². The Labute approximate surface area is 171 Å². The number of carbonyl (C=O) groups excluding carboxylic acids is 1. The highest BCUT2D eigenvalue weighted by atomic mass is 32.1. The summed E-state index contributed by atoms with van der Waals surface area (Å²) in [6, 6.07) is 12.5. The molecule has 0 saturated carbocycles. The summed E-state index contributed by atoms with van der Waals surface area (Å²) in [5.74, 6) is -0.353. The van der Waals surface area contributed by atoms with Gasteiger partial charge in [-0.1, -0.05) is 30.3 Å². The van der Waals surface area contributed by atoms with Crippen molar-refractivity contribution >= 4 is 34.6 Å². The molecule has 1 saturated heterocycles. The second kappa shape index (κ2) is 9.23. The van der Waals surface area contributed by atoms with Crippen LogP contribution in [-0.4, -0.2) is 37.3 Å². The lowest BCUT2D eigenvalue weighted by Gasteiger charge is -2.31. The van der Waals surface area contributed by atoms with Crippen LogP contribution in [0.1, 0.15) is 11.1 Å². The largest absolute Gasteiger partial charge is 0.416 e. The number of benzene rings is 2. The van der Waals surface area contributed by atoms with Gasteiger partial charge in [-0.2, -0.15) is 13.2 Å². The van der Waals surface area contributed by atoms with E-state index in [1.807, 2.05) is 23.1 Å². The average molecular weight is 423 g/mol. The van der Waals surface area contributed by atoms with Gasteiger partial charge < -0.3 is 20.3 Å². The van der Waals surface area contributed by atoms with Crippen molar-refractivity contribution < 1.29 is 22.7 Å². The van der Waals surface area contributed by atoms with Crippen molar-refractivity contribution in [3.63, 3.8) is 0 Å². The first kappa shape index (κ1) is 21.1. The summed E-state index contributed by atoms with van der Waals surface area (Å²) in [7, 11) is 0. The van der Waals surface area contributed by atoms with Crippen LogP contribution in [0.15, 0.2) is 48.5 Å². The summed E-state index contributed by atoms with van der Waals surface area (Å²) < 4.78 is 44.8. The van der Waals surface area contributed by atoms with E-state index < -0.39 is 11.7 Å². The summed E-state index contributed by atoms with van der Waals surface area (Å²) in [5.41, 5.74) is 0.768. The molecule has 0 aromatic heterocycles. The highest BCUT2D eigenvalue weighted by molar-refractivity contribution is 7.80. The van der Waals surface area contributed by atoms with Crippen LogP contribution in [0.25, 0.3) is 0 Å². The molecule has 0 atom stereocenters. The van der Waals surface area contributed by atoms with Crippen LogP contribution in [0.4, 0.5) is 24.5 Å². The van der Waals surface area contributed by atoms with E-state index in [0.29, 0.717) is 32.0 Å². The Kier molecular flexibility index (Phi) is 6.71. The summed E-state index contributed by atoms with van der Waals surface area (Å²) in [6.45, 7) is 2.07. The minimum atomic E-state index is -4.49. The molecule has 1 heterocycles. The third-order valence-electron chi connectivity index (χ3n) is 4.38. The molecule has 9 heteroatoms. The summed E-state index contributed by atoms with van der Waals surface area (Å²) in [5, 5.41) is 5.22. The number of hydrogen-bond acceptors (Lipinski definition) is 4. The summed E-state index contributed by atoms with van der Waals surface area (Å²) in [4.78, 5) is 14.1. The summed E-state index contributed by atoms with van der Waals surface area (Å²) >= 11 is 5.16. The van der Waals surface area contributed by atoms with Gasteiger partial charge in [-0.05, 0) is 36.0 Å². The number of hydrogen-bond donors (Lipinski definition) is 2. The third kappa shape index (κ3) is 5.91. The van der Waals surface area contributed by atoms with Gasteiger partial charge in [0, 0.05) is 13.1 Å². The fraction of sp³-hybridized carbons (Fsp3) is 0.300. The zero-order chi connectivity index (χ0) is 20.9. The molecule has 0 spiro atoms. The lowest BCUT2D eigenvalue weighted by molar-refractivity contribution is -0.137. The van der Waals surface area contributed by atoms with Gasteiger partial charge in [0.05, 0.1) is 36.6 Å². The van der Waals surface area contributed by atoms with E-state index >= 15 is 0 Å². The molecule has 5 nitrogen and oxygen atoms in total. The van der Waals surface area contributed by atoms with Crippen molar-refractivity contribution in [1.29, 1.82) is 0 Å². The Bertz CT molecular complexity index is 869.